The Bertz CT molecular complexity index is 195. The van der Waals surface area contributed by atoms with Crippen LogP contribution in [0, 0.1) is 0 Å². The lowest BCUT2D eigenvalue weighted by atomic mass is 9.89. The average Bonchev–Trinajstić information content (AvgIpc) is 2.29. The predicted molar refractivity (Wildman–Crippen MR) is 74.4 cm³/mol. The third kappa shape index (κ3) is 4.26. The van der Waals surface area contributed by atoms with Gasteiger partial charge in [0.1, 0.15) is 0 Å². The quantitative estimate of drug-likeness (QED) is 0.812. The van der Waals surface area contributed by atoms with Crippen molar-refractivity contribution in [3.63, 3.8) is 0 Å². The smallest absolute Gasteiger partial charge is 0.0110 e. The van der Waals surface area contributed by atoms with Gasteiger partial charge in [0.05, 0.1) is 0 Å². The molecule has 1 aliphatic carbocycles. The van der Waals surface area contributed by atoms with Gasteiger partial charge in [-0.05, 0) is 51.7 Å². The van der Waals surface area contributed by atoms with Crippen LogP contribution < -0.4 is 5.32 Å². The van der Waals surface area contributed by atoms with Gasteiger partial charge in [-0.2, -0.15) is 0 Å². The average molecular weight is 238 g/mol. The molecule has 1 saturated carbocycles. The second-order valence-corrected chi connectivity index (χ2v) is 5.88. The van der Waals surface area contributed by atoms with E-state index in [-0.39, 0.29) is 0 Å². The van der Waals surface area contributed by atoms with Crippen LogP contribution in [-0.2, 0) is 0 Å². The van der Waals surface area contributed by atoms with E-state index in [0.717, 1.165) is 18.6 Å². The standard InChI is InChI=1S/C15H30N2/c1-2-16-14-9-8-10-15(13-14)17-11-6-4-3-5-7-12-17/h14-16H,2-13H2,1H3. The Morgan fingerprint density at radius 1 is 0.941 bits per heavy atom. The van der Waals surface area contributed by atoms with E-state index in [4.69, 9.17) is 0 Å². The zero-order valence-electron chi connectivity index (χ0n) is 11.6. The van der Waals surface area contributed by atoms with Crippen LogP contribution >= 0.6 is 0 Å². The third-order valence-corrected chi connectivity index (χ3v) is 4.55. The van der Waals surface area contributed by atoms with E-state index >= 15 is 0 Å². The van der Waals surface area contributed by atoms with Gasteiger partial charge in [-0.1, -0.05) is 32.6 Å². The number of rotatable bonds is 3. The van der Waals surface area contributed by atoms with E-state index in [1.807, 2.05) is 0 Å². The van der Waals surface area contributed by atoms with Crippen LogP contribution in [0.3, 0.4) is 0 Å². The fourth-order valence-corrected chi connectivity index (χ4v) is 3.61. The first kappa shape index (κ1) is 13.4. The van der Waals surface area contributed by atoms with E-state index < -0.39 is 0 Å². The normalized spacial score (nSPS) is 33.0. The highest BCUT2D eigenvalue weighted by atomic mass is 15.2. The molecule has 2 atom stereocenters. The lowest BCUT2D eigenvalue weighted by Gasteiger charge is -2.38. The first-order valence-corrected chi connectivity index (χ1v) is 7.87. The lowest BCUT2D eigenvalue weighted by molar-refractivity contribution is 0.129. The molecule has 1 saturated heterocycles. The van der Waals surface area contributed by atoms with E-state index in [1.165, 1.54) is 70.9 Å². The minimum absolute atomic E-state index is 0.796. The fourth-order valence-electron chi connectivity index (χ4n) is 3.61. The molecule has 1 heterocycles. The maximum Gasteiger partial charge on any atom is 0.0110 e. The molecule has 0 amide bonds. The second kappa shape index (κ2) is 7.38. The van der Waals surface area contributed by atoms with Crippen LogP contribution in [0.1, 0.15) is 64.7 Å². The van der Waals surface area contributed by atoms with E-state index in [0.29, 0.717) is 0 Å². The van der Waals surface area contributed by atoms with Crippen molar-refractivity contribution in [1.82, 2.24) is 10.2 Å². The molecule has 0 bridgehead atoms. The molecule has 2 unspecified atom stereocenters. The molecule has 2 fully saturated rings. The summed E-state index contributed by atoms with van der Waals surface area (Å²) in [5, 5.41) is 3.65. The number of likely N-dealkylation sites (tertiary alicyclic amines) is 1. The summed E-state index contributed by atoms with van der Waals surface area (Å²) in [7, 11) is 0. The number of nitrogens with one attached hydrogen (secondary N) is 1. The van der Waals surface area contributed by atoms with Crippen molar-refractivity contribution in [3.05, 3.63) is 0 Å². The molecule has 0 aromatic heterocycles. The van der Waals surface area contributed by atoms with Gasteiger partial charge in [-0.15, -0.1) is 0 Å². The molecule has 0 radical (unpaired) electrons. The summed E-state index contributed by atoms with van der Waals surface area (Å²) in [5.74, 6) is 0. The van der Waals surface area contributed by atoms with Gasteiger partial charge >= 0.3 is 0 Å². The predicted octanol–water partition coefficient (Wildman–Crippen LogP) is 3.17. The Morgan fingerprint density at radius 2 is 1.65 bits per heavy atom. The molecule has 2 aliphatic rings. The van der Waals surface area contributed by atoms with Crippen molar-refractivity contribution in [3.8, 4) is 0 Å². The van der Waals surface area contributed by atoms with E-state index in [1.54, 1.807) is 0 Å². The minimum Gasteiger partial charge on any atom is -0.314 e. The number of hydrogen-bond donors (Lipinski definition) is 1. The summed E-state index contributed by atoms with van der Waals surface area (Å²) in [5.41, 5.74) is 0. The fraction of sp³-hybridized carbons (Fsp3) is 1.00. The molecule has 0 aromatic carbocycles. The van der Waals surface area contributed by atoms with E-state index in [2.05, 4.69) is 17.1 Å². The van der Waals surface area contributed by atoms with Crippen molar-refractivity contribution in [2.75, 3.05) is 19.6 Å². The van der Waals surface area contributed by atoms with Crippen molar-refractivity contribution >= 4 is 0 Å². The molecule has 0 aromatic rings. The molecule has 100 valence electrons. The van der Waals surface area contributed by atoms with Gasteiger partial charge < -0.3 is 10.2 Å². The van der Waals surface area contributed by atoms with Crippen molar-refractivity contribution in [2.45, 2.75) is 76.8 Å². The van der Waals surface area contributed by atoms with Gasteiger partial charge in [0.2, 0.25) is 0 Å². The molecule has 2 rings (SSSR count). The Kier molecular flexibility index (Phi) is 5.79. The Labute approximate surface area is 107 Å². The summed E-state index contributed by atoms with van der Waals surface area (Å²) < 4.78 is 0. The van der Waals surface area contributed by atoms with Gasteiger partial charge in [0, 0.05) is 12.1 Å². The molecule has 17 heavy (non-hydrogen) atoms. The zero-order valence-corrected chi connectivity index (χ0v) is 11.6. The van der Waals surface area contributed by atoms with Gasteiger partial charge in [0.25, 0.3) is 0 Å². The summed E-state index contributed by atoms with van der Waals surface area (Å²) in [4.78, 5) is 2.81. The molecule has 0 spiro atoms. The van der Waals surface area contributed by atoms with Crippen LogP contribution in [0.25, 0.3) is 0 Å². The highest BCUT2D eigenvalue weighted by Crippen LogP contribution is 2.25. The molecule has 2 heteroatoms. The zero-order chi connectivity index (χ0) is 11.9. The van der Waals surface area contributed by atoms with E-state index in [9.17, 15) is 0 Å². The number of nitrogens with zero attached hydrogens (tertiary/aromatic N) is 1. The number of hydrogen-bond acceptors (Lipinski definition) is 2. The first-order chi connectivity index (χ1) is 8.40. The highest BCUT2D eigenvalue weighted by Gasteiger charge is 2.26. The van der Waals surface area contributed by atoms with Crippen LogP contribution in [-0.4, -0.2) is 36.6 Å². The summed E-state index contributed by atoms with van der Waals surface area (Å²) >= 11 is 0. The maximum absolute atomic E-state index is 3.65. The van der Waals surface area contributed by atoms with Crippen LogP contribution in [0.15, 0.2) is 0 Å². The molecule has 1 N–H and O–H groups in total. The Hall–Kier alpha value is -0.0800. The van der Waals surface area contributed by atoms with Crippen molar-refractivity contribution in [2.24, 2.45) is 0 Å². The maximum atomic E-state index is 3.65. The molecular weight excluding hydrogens is 208 g/mol. The van der Waals surface area contributed by atoms with Gasteiger partial charge in [-0.25, -0.2) is 0 Å². The molecular formula is C15H30N2. The largest absolute Gasteiger partial charge is 0.314 e. The summed E-state index contributed by atoms with van der Waals surface area (Å²) in [6, 6.07) is 1.68. The lowest BCUT2D eigenvalue weighted by Crippen LogP contribution is -2.45. The Morgan fingerprint density at radius 3 is 2.35 bits per heavy atom. The van der Waals surface area contributed by atoms with Crippen molar-refractivity contribution in [1.29, 1.82) is 0 Å². The Balaban J connectivity index is 1.81. The summed E-state index contributed by atoms with van der Waals surface area (Å²) in [6.45, 7) is 6.10. The topological polar surface area (TPSA) is 15.3 Å². The van der Waals surface area contributed by atoms with Crippen LogP contribution in [0.2, 0.25) is 0 Å². The summed E-state index contributed by atoms with van der Waals surface area (Å²) in [6.07, 6.45) is 12.9. The SMILES string of the molecule is CCNC1CCCC(N2CCCCCCC2)C1. The van der Waals surface area contributed by atoms with Crippen LogP contribution in [0.5, 0.6) is 0 Å². The van der Waals surface area contributed by atoms with Gasteiger partial charge in [0.15, 0.2) is 0 Å². The third-order valence-electron chi connectivity index (χ3n) is 4.55. The minimum atomic E-state index is 0.796. The highest BCUT2D eigenvalue weighted by molar-refractivity contribution is 4.84. The molecule has 1 aliphatic heterocycles. The molecule has 2 nitrogen and oxygen atoms in total. The van der Waals surface area contributed by atoms with Crippen LogP contribution in [0.4, 0.5) is 0 Å². The van der Waals surface area contributed by atoms with Gasteiger partial charge in [-0.3, -0.25) is 0 Å². The van der Waals surface area contributed by atoms with Crippen molar-refractivity contribution < 1.29 is 0 Å². The second-order valence-electron chi connectivity index (χ2n) is 5.88. The monoisotopic (exact) mass is 238 g/mol. The first-order valence-electron chi connectivity index (χ1n) is 7.87.